The molecule has 0 fully saturated rings. The highest BCUT2D eigenvalue weighted by molar-refractivity contribution is 5.82. The van der Waals surface area contributed by atoms with Crippen LogP contribution in [-0.2, 0) is 14.9 Å². The molecule has 0 aromatic heterocycles. The standard InChI is InChI=1S/C14H20O3/c1-6-17-13(15)14(3,4)12-8-7-11(16-5)9-10(12)2/h7-9H,6H2,1-5H3. The van der Waals surface area contributed by atoms with Gasteiger partial charge in [-0.05, 0) is 51.0 Å². The number of esters is 1. The summed E-state index contributed by atoms with van der Waals surface area (Å²) in [5.41, 5.74) is 1.37. The first kappa shape index (κ1) is 13.6. The van der Waals surface area contributed by atoms with Gasteiger partial charge < -0.3 is 9.47 Å². The second-order valence-corrected chi connectivity index (χ2v) is 4.53. The molecular formula is C14H20O3. The van der Waals surface area contributed by atoms with Crippen molar-refractivity contribution in [3.05, 3.63) is 29.3 Å². The van der Waals surface area contributed by atoms with E-state index in [1.165, 1.54) is 0 Å². The third-order valence-corrected chi connectivity index (χ3v) is 2.89. The first-order valence-corrected chi connectivity index (χ1v) is 5.75. The second kappa shape index (κ2) is 5.21. The van der Waals surface area contributed by atoms with Crippen LogP contribution in [0.15, 0.2) is 18.2 Å². The molecule has 0 saturated carbocycles. The Morgan fingerprint density at radius 1 is 1.35 bits per heavy atom. The van der Waals surface area contributed by atoms with E-state index in [0.717, 1.165) is 16.9 Å². The molecule has 0 spiro atoms. The molecule has 0 saturated heterocycles. The number of aryl methyl sites for hydroxylation is 1. The first-order valence-electron chi connectivity index (χ1n) is 5.75. The predicted molar refractivity (Wildman–Crippen MR) is 67.4 cm³/mol. The largest absolute Gasteiger partial charge is 0.497 e. The number of methoxy groups -OCH3 is 1. The molecule has 3 nitrogen and oxygen atoms in total. The highest BCUT2D eigenvalue weighted by atomic mass is 16.5. The SMILES string of the molecule is CCOC(=O)C(C)(C)c1ccc(OC)cc1C. The Kier molecular flexibility index (Phi) is 4.16. The molecule has 0 aliphatic heterocycles. The van der Waals surface area contributed by atoms with Gasteiger partial charge in [-0.15, -0.1) is 0 Å². The molecule has 0 N–H and O–H groups in total. The summed E-state index contributed by atoms with van der Waals surface area (Å²) in [6.07, 6.45) is 0. The maximum atomic E-state index is 11.9. The van der Waals surface area contributed by atoms with Gasteiger partial charge in [0, 0.05) is 0 Å². The van der Waals surface area contributed by atoms with Crippen LogP contribution in [-0.4, -0.2) is 19.7 Å². The van der Waals surface area contributed by atoms with Gasteiger partial charge in [-0.2, -0.15) is 0 Å². The molecular weight excluding hydrogens is 216 g/mol. The smallest absolute Gasteiger partial charge is 0.315 e. The van der Waals surface area contributed by atoms with Crippen LogP contribution in [0.2, 0.25) is 0 Å². The van der Waals surface area contributed by atoms with Crippen LogP contribution in [0.25, 0.3) is 0 Å². The summed E-state index contributed by atoms with van der Waals surface area (Å²) in [6, 6.07) is 5.71. The molecule has 0 unspecified atom stereocenters. The average Bonchev–Trinajstić information content (AvgIpc) is 2.28. The molecule has 17 heavy (non-hydrogen) atoms. The van der Waals surface area contributed by atoms with Gasteiger partial charge in [0.15, 0.2) is 0 Å². The third kappa shape index (κ3) is 2.78. The molecule has 0 bridgehead atoms. The lowest BCUT2D eigenvalue weighted by Gasteiger charge is -2.25. The van der Waals surface area contributed by atoms with E-state index in [4.69, 9.17) is 9.47 Å². The molecule has 1 aromatic carbocycles. The zero-order valence-electron chi connectivity index (χ0n) is 11.2. The summed E-state index contributed by atoms with van der Waals surface area (Å²) in [6.45, 7) is 7.94. The van der Waals surface area contributed by atoms with Crippen molar-refractivity contribution >= 4 is 5.97 Å². The molecule has 94 valence electrons. The van der Waals surface area contributed by atoms with Crippen LogP contribution in [0.5, 0.6) is 5.75 Å². The summed E-state index contributed by atoms with van der Waals surface area (Å²) >= 11 is 0. The number of rotatable bonds is 4. The molecule has 1 rings (SSSR count). The normalized spacial score (nSPS) is 11.1. The van der Waals surface area contributed by atoms with Crippen molar-refractivity contribution in [3.8, 4) is 5.75 Å². The van der Waals surface area contributed by atoms with E-state index in [9.17, 15) is 4.79 Å². The maximum absolute atomic E-state index is 11.9. The van der Waals surface area contributed by atoms with Gasteiger partial charge in [0.25, 0.3) is 0 Å². The predicted octanol–water partition coefficient (Wildman–Crippen LogP) is 2.84. The van der Waals surface area contributed by atoms with E-state index in [-0.39, 0.29) is 5.97 Å². The van der Waals surface area contributed by atoms with E-state index in [1.807, 2.05) is 45.9 Å². The Morgan fingerprint density at radius 3 is 2.47 bits per heavy atom. The molecule has 0 atom stereocenters. The quantitative estimate of drug-likeness (QED) is 0.754. The maximum Gasteiger partial charge on any atom is 0.315 e. The number of benzene rings is 1. The Balaban J connectivity index is 3.10. The highest BCUT2D eigenvalue weighted by Gasteiger charge is 2.32. The fourth-order valence-electron chi connectivity index (χ4n) is 1.89. The topological polar surface area (TPSA) is 35.5 Å². The minimum atomic E-state index is -0.633. The fourth-order valence-corrected chi connectivity index (χ4v) is 1.89. The summed E-state index contributed by atoms with van der Waals surface area (Å²) < 4.78 is 10.3. The first-order chi connectivity index (χ1) is 7.93. The summed E-state index contributed by atoms with van der Waals surface area (Å²) in [7, 11) is 1.63. The van der Waals surface area contributed by atoms with Crippen molar-refractivity contribution in [1.82, 2.24) is 0 Å². The molecule has 0 aliphatic carbocycles. The van der Waals surface area contributed by atoms with Crippen molar-refractivity contribution < 1.29 is 14.3 Å². The van der Waals surface area contributed by atoms with Gasteiger partial charge >= 0.3 is 5.97 Å². The van der Waals surface area contributed by atoms with Gasteiger partial charge in [0.2, 0.25) is 0 Å². The lowest BCUT2D eigenvalue weighted by Crippen LogP contribution is -2.31. The zero-order chi connectivity index (χ0) is 13.1. The molecule has 0 heterocycles. The summed E-state index contributed by atoms with van der Waals surface area (Å²) in [5, 5.41) is 0. The molecule has 3 heteroatoms. The van der Waals surface area contributed by atoms with Crippen LogP contribution >= 0.6 is 0 Å². The van der Waals surface area contributed by atoms with Crippen molar-refractivity contribution in [1.29, 1.82) is 0 Å². The van der Waals surface area contributed by atoms with E-state index >= 15 is 0 Å². The van der Waals surface area contributed by atoms with E-state index in [0.29, 0.717) is 6.61 Å². The molecule has 0 radical (unpaired) electrons. The number of hydrogen-bond donors (Lipinski definition) is 0. The van der Waals surface area contributed by atoms with E-state index < -0.39 is 5.41 Å². The van der Waals surface area contributed by atoms with Crippen LogP contribution in [0.3, 0.4) is 0 Å². The lowest BCUT2D eigenvalue weighted by molar-refractivity contribution is -0.148. The van der Waals surface area contributed by atoms with Crippen LogP contribution < -0.4 is 4.74 Å². The van der Waals surface area contributed by atoms with Gasteiger partial charge in [0.1, 0.15) is 5.75 Å². The molecule has 1 aromatic rings. The summed E-state index contributed by atoms with van der Waals surface area (Å²) in [4.78, 5) is 11.9. The second-order valence-electron chi connectivity index (χ2n) is 4.53. The van der Waals surface area contributed by atoms with Crippen molar-refractivity contribution in [2.45, 2.75) is 33.1 Å². The monoisotopic (exact) mass is 236 g/mol. The zero-order valence-corrected chi connectivity index (χ0v) is 11.2. The average molecular weight is 236 g/mol. The van der Waals surface area contributed by atoms with Crippen molar-refractivity contribution in [2.24, 2.45) is 0 Å². The lowest BCUT2D eigenvalue weighted by atomic mass is 9.82. The summed E-state index contributed by atoms with van der Waals surface area (Å²) in [5.74, 6) is 0.596. The van der Waals surface area contributed by atoms with E-state index in [1.54, 1.807) is 7.11 Å². The Bertz CT molecular complexity index is 408. The Morgan fingerprint density at radius 2 is 2.00 bits per heavy atom. The number of hydrogen-bond acceptors (Lipinski definition) is 3. The van der Waals surface area contributed by atoms with Crippen LogP contribution in [0.1, 0.15) is 31.9 Å². The Labute approximate surface area is 103 Å². The van der Waals surface area contributed by atoms with Gasteiger partial charge in [-0.1, -0.05) is 6.07 Å². The van der Waals surface area contributed by atoms with Crippen molar-refractivity contribution in [2.75, 3.05) is 13.7 Å². The Hall–Kier alpha value is -1.51. The minimum Gasteiger partial charge on any atom is -0.497 e. The van der Waals surface area contributed by atoms with Gasteiger partial charge in [-0.25, -0.2) is 0 Å². The fraction of sp³-hybridized carbons (Fsp3) is 0.500. The number of ether oxygens (including phenoxy) is 2. The molecule has 0 aliphatic rings. The third-order valence-electron chi connectivity index (χ3n) is 2.89. The van der Waals surface area contributed by atoms with Gasteiger partial charge in [0.05, 0.1) is 19.1 Å². The molecule has 0 amide bonds. The number of carbonyl (C=O) groups is 1. The van der Waals surface area contributed by atoms with Crippen LogP contribution in [0.4, 0.5) is 0 Å². The highest BCUT2D eigenvalue weighted by Crippen LogP contribution is 2.30. The van der Waals surface area contributed by atoms with Gasteiger partial charge in [-0.3, -0.25) is 4.79 Å². The minimum absolute atomic E-state index is 0.201. The number of carbonyl (C=O) groups excluding carboxylic acids is 1. The van der Waals surface area contributed by atoms with Crippen molar-refractivity contribution in [3.63, 3.8) is 0 Å². The van der Waals surface area contributed by atoms with Crippen LogP contribution in [0, 0.1) is 6.92 Å². The van der Waals surface area contributed by atoms with E-state index in [2.05, 4.69) is 0 Å².